The summed E-state index contributed by atoms with van der Waals surface area (Å²) >= 11 is 0. The van der Waals surface area contributed by atoms with Gasteiger partial charge < -0.3 is 10.2 Å². The van der Waals surface area contributed by atoms with E-state index in [0.717, 1.165) is 19.3 Å². The van der Waals surface area contributed by atoms with Crippen molar-refractivity contribution < 1.29 is 9.59 Å². The number of nitrogens with one attached hydrogen (secondary N) is 1. The second-order valence-electron chi connectivity index (χ2n) is 6.82. The Morgan fingerprint density at radius 2 is 1.85 bits per heavy atom. The second kappa shape index (κ2) is 7.09. The second-order valence-corrected chi connectivity index (χ2v) is 6.82. The minimum atomic E-state index is -0.769. The monoisotopic (exact) mass is 282 g/mol. The Bertz CT molecular complexity index is 350. The molecule has 0 radical (unpaired) electrons. The van der Waals surface area contributed by atoms with Gasteiger partial charge in [-0.15, -0.1) is 0 Å². The minimum Gasteiger partial charge on any atom is -0.340 e. The molecule has 0 aromatic carbocycles. The van der Waals surface area contributed by atoms with E-state index in [9.17, 15) is 9.59 Å². The van der Waals surface area contributed by atoms with Crippen LogP contribution < -0.4 is 5.32 Å². The third kappa shape index (κ3) is 4.22. The molecule has 0 spiro atoms. The zero-order chi connectivity index (χ0) is 15.3. The van der Waals surface area contributed by atoms with Gasteiger partial charge in [0.1, 0.15) is 11.6 Å². The first-order chi connectivity index (χ1) is 9.29. The summed E-state index contributed by atoms with van der Waals surface area (Å²) in [7, 11) is 0. The minimum absolute atomic E-state index is 0.00112. The van der Waals surface area contributed by atoms with Gasteiger partial charge in [-0.25, -0.2) is 0 Å². The summed E-state index contributed by atoms with van der Waals surface area (Å²) < 4.78 is 0. The van der Waals surface area contributed by atoms with Gasteiger partial charge in [-0.05, 0) is 32.6 Å². The van der Waals surface area contributed by atoms with E-state index in [4.69, 9.17) is 0 Å². The van der Waals surface area contributed by atoms with E-state index in [-0.39, 0.29) is 17.9 Å². The number of nitrogens with zero attached hydrogens (tertiary/aromatic N) is 1. The normalized spacial score (nSPS) is 22.3. The predicted octanol–water partition coefficient (Wildman–Crippen LogP) is 2.72. The zero-order valence-corrected chi connectivity index (χ0v) is 13.7. The molecule has 20 heavy (non-hydrogen) atoms. The van der Waals surface area contributed by atoms with E-state index in [0.29, 0.717) is 12.5 Å². The van der Waals surface area contributed by atoms with Crippen molar-refractivity contribution in [2.75, 3.05) is 6.54 Å². The molecule has 1 heterocycles. The van der Waals surface area contributed by atoms with Crippen LogP contribution >= 0.6 is 0 Å². The van der Waals surface area contributed by atoms with Crippen molar-refractivity contribution in [3.8, 4) is 0 Å². The molecule has 4 nitrogen and oxygen atoms in total. The van der Waals surface area contributed by atoms with Crippen LogP contribution in [0.2, 0.25) is 0 Å². The van der Waals surface area contributed by atoms with Crippen molar-refractivity contribution in [2.45, 2.75) is 78.3 Å². The molecule has 1 aliphatic heterocycles. The summed E-state index contributed by atoms with van der Waals surface area (Å²) in [6.07, 6.45) is 5.21. The standard InChI is InChI=1S/C16H30N2O2/c1-6-7-8-9-10-18-13(11-12(2)3)14(19)17-16(4,5)15(18)20/h12-13H,6-11H2,1-5H3,(H,17,19). The smallest absolute Gasteiger partial charge is 0.248 e. The summed E-state index contributed by atoms with van der Waals surface area (Å²) in [5.74, 6) is 0.455. The van der Waals surface area contributed by atoms with Gasteiger partial charge in [0, 0.05) is 6.54 Å². The Hall–Kier alpha value is -1.06. The molecule has 1 unspecified atom stereocenters. The molecule has 0 aromatic heterocycles. The Morgan fingerprint density at radius 1 is 1.20 bits per heavy atom. The van der Waals surface area contributed by atoms with E-state index in [1.165, 1.54) is 12.8 Å². The SMILES string of the molecule is CCCCCCN1C(=O)C(C)(C)NC(=O)C1CC(C)C. The highest BCUT2D eigenvalue weighted by molar-refractivity contribution is 5.99. The number of piperazine rings is 1. The van der Waals surface area contributed by atoms with E-state index < -0.39 is 5.54 Å². The molecular formula is C16H30N2O2. The summed E-state index contributed by atoms with van der Waals surface area (Å²) in [5, 5.41) is 2.86. The van der Waals surface area contributed by atoms with Crippen LogP contribution in [-0.4, -0.2) is 34.8 Å². The predicted molar refractivity (Wildman–Crippen MR) is 81.3 cm³/mol. The lowest BCUT2D eigenvalue weighted by Crippen LogP contribution is -2.68. The molecule has 0 aromatic rings. The topological polar surface area (TPSA) is 49.4 Å². The van der Waals surface area contributed by atoms with Crippen molar-refractivity contribution in [2.24, 2.45) is 5.92 Å². The van der Waals surface area contributed by atoms with Crippen LogP contribution in [0.5, 0.6) is 0 Å². The lowest BCUT2D eigenvalue weighted by Gasteiger charge is -2.43. The van der Waals surface area contributed by atoms with E-state index in [1.54, 1.807) is 13.8 Å². The Labute approximate surface area is 123 Å². The van der Waals surface area contributed by atoms with Crippen LogP contribution in [0.25, 0.3) is 0 Å². The average molecular weight is 282 g/mol. The third-order valence-corrected chi connectivity index (χ3v) is 3.86. The maximum Gasteiger partial charge on any atom is 0.248 e. The summed E-state index contributed by atoms with van der Waals surface area (Å²) in [6.45, 7) is 10.6. The highest BCUT2D eigenvalue weighted by Crippen LogP contribution is 2.23. The third-order valence-electron chi connectivity index (χ3n) is 3.86. The van der Waals surface area contributed by atoms with Crippen LogP contribution in [-0.2, 0) is 9.59 Å². The van der Waals surface area contributed by atoms with Gasteiger partial charge in [0.2, 0.25) is 11.8 Å². The van der Waals surface area contributed by atoms with Gasteiger partial charge >= 0.3 is 0 Å². The summed E-state index contributed by atoms with van der Waals surface area (Å²) in [4.78, 5) is 26.7. The van der Waals surface area contributed by atoms with Crippen LogP contribution in [0.3, 0.4) is 0 Å². The molecule has 1 N–H and O–H groups in total. The fourth-order valence-corrected chi connectivity index (χ4v) is 2.73. The maximum atomic E-state index is 12.6. The fraction of sp³-hybridized carbons (Fsp3) is 0.875. The van der Waals surface area contributed by atoms with Gasteiger partial charge in [-0.2, -0.15) is 0 Å². The van der Waals surface area contributed by atoms with Crippen LogP contribution in [0.4, 0.5) is 0 Å². The van der Waals surface area contributed by atoms with Gasteiger partial charge in [-0.1, -0.05) is 40.0 Å². The van der Waals surface area contributed by atoms with Gasteiger partial charge in [-0.3, -0.25) is 9.59 Å². The quantitative estimate of drug-likeness (QED) is 0.730. The number of rotatable bonds is 7. The average Bonchev–Trinajstić information content (AvgIpc) is 2.34. The fourth-order valence-electron chi connectivity index (χ4n) is 2.73. The first kappa shape index (κ1) is 17.0. The number of carbonyl (C=O) groups is 2. The lowest BCUT2D eigenvalue weighted by molar-refractivity contribution is -0.154. The van der Waals surface area contributed by atoms with Crippen molar-refractivity contribution in [3.63, 3.8) is 0 Å². The number of hydrogen-bond donors (Lipinski definition) is 1. The molecule has 1 saturated heterocycles. The molecular weight excluding hydrogens is 252 g/mol. The van der Waals surface area contributed by atoms with Crippen LogP contribution in [0, 0.1) is 5.92 Å². The molecule has 116 valence electrons. The zero-order valence-electron chi connectivity index (χ0n) is 13.7. The summed E-state index contributed by atoms with van der Waals surface area (Å²) in [6, 6.07) is -0.294. The van der Waals surface area contributed by atoms with E-state index in [2.05, 4.69) is 26.1 Å². The number of amides is 2. The summed E-state index contributed by atoms with van der Waals surface area (Å²) in [5.41, 5.74) is -0.769. The molecule has 1 rings (SSSR count). The lowest BCUT2D eigenvalue weighted by atomic mass is 9.92. The molecule has 0 aliphatic carbocycles. The Morgan fingerprint density at radius 3 is 2.40 bits per heavy atom. The van der Waals surface area contributed by atoms with Gasteiger partial charge in [0.05, 0.1) is 0 Å². The highest BCUT2D eigenvalue weighted by atomic mass is 16.2. The van der Waals surface area contributed by atoms with Crippen molar-refractivity contribution in [1.82, 2.24) is 10.2 Å². The molecule has 2 amide bonds. The number of unbranched alkanes of at least 4 members (excludes halogenated alkanes) is 3. The molecule has 1 atom stereocenters. The van der Waals surface area contributed by atoms with Crippen LogP contribution in [0.15, 0.2) is 0 Å². The van der Waals surface area contributed by atoms with E-state index >= 15 is 0 Å². The van der Waals surface area contributed by atoms with Gasteiger partial charge in [0.15, 0.2) is 0 Å². The molecule has 0 bridgehead atoms. The Kier molecular flexibility index (Phi) is 6.03. The van der Waals surface area contributed by atoms with Crippen molar-refractivity contribution in [1.29, 1.82) is 0 Å². The maximum absolute atomic E-state index is 12.6. The highest BCUT2D eigenvalue weighted by Gasteiger charge is 2.44. The van der Waals surface area contributed by atoms with E-state index in [1.807, 2.05) is 4.90 Å². The molecule has 1 fully saturated rings. The van der Waals surface area contributed by atoms with Crippen molar-refractivity contribution in [3.05, 3.63) is 0 Å². The largest absolute Gasteiger partial charge is 0.340 e. The molecule has 0 saturated carbocycles. The first-order valence-electron chi connectivity index (χ1n) is 7.92. The number of hydrogen-bond acceptors (Lipinski definition) is 2. The molecule has 4 heteroatoms. The Balaban J connectivity index is 2.77. The van der Waals surface area contributed by atoms with Gasteiger partial charge in [0.25, 0.3) is 0 Å². The molecule has 1 aliphatic rings. The van der Waals surface area contributed by atoms with Crippen LogP contribution in [0.1, 0.15) is 66.7 Å². The van der Waals surface area contributed by atoms with Crippen molar-refractivity contribution >= 4 is 11.8 Å². The number of carbonyl (C=O) groups excluding carboxylic acids is 2. The first-order valence-corrected chi connectivity index (χ1v) is 7.92.